The molecule has 1 atom stereocenters. The minimum absolute atomic E-state index is 0.0410. The summed E-state index contributed by atoms with van der Waals surface area (Å²) in [5.41, 5.74) is 0. The number of aliphatic hydroxyl groups excluding tert-OH is 2. The third-order valence-electron chi connectivity index (χ3n) is 2.74. The Morgan fingerprint density at radius 2 is 1.76 bits per heavy atom. The first-order valence-corrected chi connectivity index (χ1v) is 6.14. The summed E-state index contributed by atoms with van der Waals surface area (Å²) < 4.78 is 11.3. The fourth-order valence-electron chi connectivity index (χ4n) is 2.02. The lowest BCUT2D eigenvalue weighted by Gasteiger charge is -2.38. The smallest absolute Gasteiger partial charge is 0.194 e. The van der Waals surface area contributed by atoms with Crippen molar-refractivity contribution in [2.24, 2.45) is 5.92 Å². The standard InChI is InChI=1S/C13H22O4/c1-2-5-12-6-3-4-7-13(12,16-10-8-14)17-11-9-15/h3-4,6-7,12,14-15H,2,5,8-11H2,1H3. The van der Waals surface area contributed by atoms with Gasteiger partial charge in [-0.1, -0.05) is 31.6 Å². The fraction of sp³-hybridized carbons (Fsp3) is 0.692. The van der Waals surface area contributed by atoms with Crippen molar-refractivity contribution in [1.82, 2.24) is 0 Å². The van der Waals surface area contributed by atoms with Gasteiger partial charge in [0.05, 0.1) is 26.4 Å². The van der Waals surface area contributed by atoms with Gasteiger partial charge in [0.2, 0.25) is 0 Å². The largest absolute Gasteiger partial charge is 0.394 e. The summed E-state index contributed by atoms with van der Waals surface area (Å²) in [6, 6.07) is 0. The predicted molar refractivity (Wildman–Crippen MR) is 65.5 cm³/mol. The van der Waals surface area contributed by atoms with Crippen LogP contribution in [0.3, 0.4) is 0 Å². The maximum absolute atomic E-state index is 8.88. The molecule has 0 amide bonds. The van der Waals surface area contributed by atoms with E-state index in [2.05, 4.69) is 13.0 Å². The zero-order chi connectivity index (χ0) is 12.6. The van der Waals surface area contributed by atoms with Crippen LogP contribution in [-0.2, 0) is 9.47 Å². The topological polar surface area (TPSA) is 58.9 Å². The first kappa shape index (κ1) is 14.4. The number of aliphatic hydroxyl groups is 2. The molecule has 0 saturated heterocycles. The third kappa shape index (κ3) is 3.92. The van der Waals surface area contributed by atoms with Gasteiger partial charge in [0, 0.05) is 5.92 Å². The molecule has 2 N–H and O–H groups in total. The number of allylic oxidation sites excluding steroid dienone is 2. The molecular weight excluding hydrogens is 220 g/mol. The first-order valence-electron chi connectivity index (χ1n) is 6.14. The van der Waals surface area contributed by atoms with Gasteiger partial charge >= 0.3 is 0 Å². The van der Waals surface area contributed by atoms with Crippen LogP contribution in [0.5, 0.6) is 0 Å². The number of hydrogen-bond donors (Lipinski definition) is 2. The molecule has 0 radical (unpaired) electrons. The molecule has 0 saturated carbocycles. The zero-order valence-corrected chi connectivity index (χ0v) is 10.3. The second-order valence-electron chi connectivity index (χ2n) is 4.00. The monoisotopic (exact) mass is 242 g/mol. The maximum atomic E-state index is 8.88. The van der Waals surface area contributed by atoms with Crippen LogP contribution in [0.15, 0.2) is 24.3 Å². The molecule has 4 nitrogen and oxygen atoms in total. The summed E-state index contributed by atoms with van der Waals surface area (Å²) in [7, 11) is 0. The molecule has 1 aliphatic carbocycles. The van der Waals surface area contributed by atoms with E-state index < -0.39 is 5.79 Å². The van der Waals surface area contributed by atoms with E-state index in [4.69, 9.17) is 19.7 Å². The number of rotatable bonds is 8. The Labute approximate surface area is 103 Å². The van der Waals surface area contributed by atoms with Gasteiger partial charge in [-0.3, -0.25) is 0 Å². The van der Waals surface area contributed by atoms with E-state index >= 15 is 0 Å². The van der Waals surface area contributed by atoms with Crippen LogP contribution >= 0.6 is 0 Å². The average molecular weight is 242 g/mol. The molecule has 0 aromatic rings. The number of ether oxygens (including phenoxy) is 2. The Morgan fingerprint density at radius 1 is 1.12 bits per heavy atom. The van der Waals surface area contributed by atoms with E-state index in [-0.39, 0.29) is 32.3 Å². The summed E-state index contributed by atoms with van der Waals surface area (Å²) in [6.45, 7) is 2.48. The van der Waals surface area contributed by atoms with E-state index in [1.807, 2.05) is 18.2 Å². The highest BCUT2D eigenvalue weighted by molar-refractivity contribution is 5.19. The Kier molecular flexibility index (Phi) is 6.44. The highest BCUT2D eigenvalue weighted by atomic mass is 16.7. The molecule has 0 aliphatic heterocycles. The summed E-state index contributed by atoms with van der Waals surface area (Å²) in [6.07, 6.45) is 9.73. The van der Waals surface area contributed by atoms with Crippen LogP contribution in [0.25, 0.3) is 0 Å². The highest BCUT2D eigenvalue weighted by Gasteiger charge is 2.37. The molecule has 1 aliphatic rings. The Hall–Kier alpha value is -0.680. The Bertz CT molecular complexity index is 252. The fourth-order valence-corrected chi connectivity index (χ4v) is 2.02. The molecule has 0 heterocycles. The minimum atomic E-state index is -0.837. The van der Waals surface area contributed by atoms with Crippen molar-refractivity contribution in [2.45, 2.75) is 25.6 Å². The van der Waals surface area contributed by atoms with E-state index in [0.29, 0.717) is 0 Å². The molecule has 0 bridgehead atoms. The zero-order valence-electron chi connectivity index (χ0n) is 10.3. The van der Waals surface area contributed by atoms with E-state index in [1.54, 1.807) is 0 Å². The van der Waals surface area contributed by atoms with Crippen LogP contribution in [0.1, 0.15) is 19.8 Å². The van der Waals surface area contributed by atoms with Crippen molar-refractivity contribution in [2.75, 3.05) is 26.4 Å². The molecule has 0 aromatic heterocycles. The minimum Gasteiger partial charge on any atom is -0.394 e. The van der Waals surface area contributed by atoms with Gasteiger partial charge in [0.25, 0.3) is 0 Å². The molecule has 0 aromatic carbocycles. The van der Waals surface area contributed by atoms with E-state index in [9.17, 15) is 0 Å². The van der Waals surface area contributed by atoms with Gasteiger partial charge in [-0.2, -0.15) is 0 Å². The molecule has 0 spiro atoms. The molecule has 98 valence electrons. The summed E-state index contributed by atoms with van der Waals surface area (Å²) in [5, 5.41) is 17.8. The lowest BCUT2D eigenvalue weighted by atomic mass is 9.89. The second-order valence-corrected chi connectivity index (χ2v) is 4.00. The molecule has 1 rings (SSSR count). The van der Waals surface area contributed by atoms with Crippen molar-refractivity contribution >= 4 is 0 Å². The van der Waals surface area contributed by atoms with Crippen LogP contribution in [0.4, 0.5) is 0 Å². The van der Waals surface area contributed by atoms with Crippen molar-refractivity contribution in [1.29, 1.82) is 0 Å². The molecule has 0 fully saturated rings. The van der Waals surface area contributed by atoms with Crippen molar-refractivity contribution < 1.29 is 19.7 Å². The van der Waals surface area contributed by atoms with Crippen molar-refractivity contribution in [3.8, 4) is 0 Å². The molecule has 4 heteroatoms. The van der Waals surface area contributed by atoms with Gasteiger partial charge in [-0.05, 0) is 12.5 Å². The normalized spacial score (nSPS) is 21.9. The van der Waals surface area contributed by atoms with Gasteiger partial charge in [-0.15, -0.1) is 0 Å². The summed E-state index contributed by atoms with van der Waals surface area (Å²) >= 11 is 0. The van der Waals surface area contributed by atoms with Crippen LogP contribution in [-0.4, -0.2) is 42.4 Å². The van der Waals surface area contributed by atoms with Gasteiger partial charge in [0.1, 0.15) is 0 Å². The van der Waals surface area contributed by atoms with Gasteiger partial charge in [0.15, 0.2) is 5.79 Å². The average Bonchev–Trinajstić information content (AvgIpc) is 2.36. The van der Waals surface area contributed by atoms with Crippen molar-refractivity contribution in [3.05, 3.63) is 24.3 Å². The Morgan fingerprint density at radius 3 is 2.29 bits per heavy atom. The maximum Gasteiger partial charge on any atom is 0.194 e. The van der Waals surface area contributed by atoms with E-state index in [0.717, 1.165) is 12.8 Å². The molecule has 17 heavy (non-hydrogen) atoms. The van der Waals surface area contributed by atoms with Crippen LogP contribution in [0, 0.1) is 5.92 Å². The summed E-state index contributed by atoms with van der Waals surface area (Å²) in [5.74, 6) is -0.716. The van der Waals surface area contributed by atoms with Crippen LogP contribution in [0.2, 0.25) is 0 Å². The molecular formula is C13H22O4. The quantitative estimate of drug-likeness (QED) is 0.629. The predicted octanol–water partition coefficient (Wildman–Crippen LogP) is 1.24. The van der Waals surface area contributed by atoms with E-state index in [1.165, 1.54) is 0 Å². The van der Waals surface area contributed by atoms with Gasteiger partial charge < -0.3 is 19.7 Å². The Balaban J connectivity index is 2.76. The van der Waals surface area contributed by atoms with Crippen LogP contribution < -0.4 is 0 Å². The van der Waals surface area contributed by atoms with Gasteiger partial charge in [-0.25, -0.2) is 0 Å². The molecule has 1 unspecified atom stereocenters. The second kappa shape index (κ2) is 7.61. The lowest BCUT2D eigenvalue weighted by molar-refractivity contribution is -0.234. The van der Waals surface area contributed by atoms with Crippen molar-refractivity contribution in [3.63, 3.8) is 0 Å². The highest BCUT2D eigenvalue weighted by Crippen LogP contribution is 2.33. The number of hydrogen-bond acceptors (Lipinski definition) is 4. The first-order chi connectivity index (χ1) is 8.29. The SMILES string of the molecule is CCCC1C=CC=CC1(OCCO)OCCO. The lowest BCUT2D eigenvalue weighted by Crippen LogP contribution is -2.43. The third-order valence-corrected chi connectivity index (χ3v) is 2.74. The summed E-state index contributed by atoms with van der Waals surface area (Å²) in [4.78, 5) is 0.